The Kier molecular flexibility index (Phi) is 5.29. The van der Waals surface area contributed by atoms with Gasteiger partial charge in [-0.3, -0.25) is 0 Å². The molecular weight excluding hydrogens is 288 g/mol. The second-order valence-electron chi connectivity index (χ2n) is 7.55. The first kappa shape index (κ1) is 16.4. The Balaban J connectivity index is 1.45. The maximum absolute atomic E-state index is 12.1. The molecule has 1 heterocycles. The maximum atomic E-state index is 12.1. The van der Waals surface area contributed by atoms with Crippen molar-refractivity contribution in [1.82, 2.24) is 9.97 Å². The minimum atomic E-state index is -0.375. The van der Waals surface area contributed by atoms with Gasteiger partial charge in [-0.2, -0.15) is 0 Å². The molecule has 23 heavy (non-hydrogen) atoms. The molecule has 0 N–H and O–H groups in total. The topological polar surface area (TPSA) is 52.1 Å². The van der Waals surface area contributed by atoms with Gasteiger partial charge in [-0.25, -0.2) is 14.8 Å². The largest absolute Gasteiger partial charge is 0.456 e. The van der Waals surface area contributed by atoms with Crippen molar-refractivity contribution in [3.63, 3.8) is 0 Å². The number of nitrogens with zero attached hydrogens (tertiary/aromatic N) is 2. The van der Waals surface area contributed by atoms with Crippen LogP contribution in [0.15, 0.2) is 12.4 Å². The molecule has 0 atom stereocenters. The number of aromatic nitrogens is 2. The number of carbonyl (C=O) groups is 1. The number of rotatable bonds is 3. The first-order chi connectivity index (χ1) is 11.1. The van der Waals surface area contributed by atoms with Crippen molar-refractivity contribution in [1.29, 1.82) is 0 Å². The van der Waals surface area contributed by atoms with Gasteiger partial charge in [0, 0.05) is 12.4 Å². The third-order valence-corrected chi connectivity index (χ3v) is 5.68. The third kappa shape index (κ3) is 4.30. The average molecular weight is 316 g/mol. The monoisotopic (exact) mass is 316 g/mol. The third-order valence-electron chi connectivity index (χ3n) is 5.68. The molecule has 0 saturated heterocycles. The van der Waals surface area contributed by atoms with Crippen LogP contribution in [0.25, 0.3) is 0 Å². The molecule has 0 radical (unpaired) electrons. The van der Waals surface area contributed by atoms with Crippen LogP contribution in [0, 0.1) is 24.7 Å². The summed E-state index contributed by atoms with van der Waals surface area (Å²) in [6, 6.07) is 0. The van der Waals surface area contributed by atoms with Crippen LogP contribution in [0.4, 0.5) is 0 Å². The van der Waals surface area contributed by atoms with Crippen LogP contribution < -0.4 is 0 Å². The predicted octanol–water partition coefficient (Wildman–Crippen LogP) is 4.33. The summed E-state index contributed by atoms with van der Waals surface area (Å²) in [7, 11) is 0. The standard InChI is InChI=1S/C19H28N2O2/c1-13-3-5-15(6-4-13)16-7-9-17(10-8-16)23-19(22)18-20-11-14(2)12-21-18/h11-13,15-17H,3-10H2,1-2H3. The van der Waals surface area contributed by atoms with Crippen molar-refractivity contribution >= 4 is 5.97 Å². The molecule has 0 amide bonds. The smallest absolute Gasteiger partial charge is 0.376 e. The molecule has 4 heteroatoms. The van der Waals surface area contributed by atoms with Crippen molar-refractivity contribution in [2.75, 3.05) is 0 Å². The van der Waals surface area contributed by atoms with E-state index in [1.165, 1.54) is 38.5 Å². The number of esters is 1. The van der Waals surface area contributed by atoms with E-state index in [1.807, 2.05) is 6.92 Å². The number of hydrogen-bond acceptors (Lipinski definition) is 4. The van der Waals surface area contributed by atoms with Gasteiger partial charge in [-0.05, 0) is 68.8 Å². The van der Waals surface area contributed by atoms with Crippen LogP contribution in [-0.2, 0) is 4.74 Å². The number of hydrogen-bond donors (Lipinski definition) is 0. The highest BCUT2D eigenvalue weighted by Crippen LogP contribution is 2.40. The van der Waals surface area contributed by atoms with Crippen LogP contribution in [0.5, 0.6) is 0 Å². The van der Waals surface area contributed by atoms with Gasteiger partial charge in [0.05, 0.1) is 0 Å². The molecule has 2 aliphatic carbocycles. The summed E-state index contributed by atoms with van der Waals surface area (Å²) >= 11 is 0. The van der Waals surface area contributed by atoms with Gasteiger partial charge in [0.15, 0.2) is 0 Å². The highest BCUT2D eigenvalue weighted by atomic mass is 16.5. The van der Waals surface area contributed by atoms with Crippen molar-refractivity contribution in [2.45, 2.75) is 71.3 Å². The highest BCUT2D eigenvalue weighted by Gasteiger charge is 2.31. The van der Waals surface area contributed by atoms with Gasteiger partial charge in [0.2, 0.25) is 5.82 Å². The Labute approximate surface area is 139 Å². The first-order valence-electron chi connectivity index (χ1n) is 9.11. The lowest BCUT2D eigenvalue weighted by Crippen LogP contribution is -2.29. The molecule has 3 rings (SSSR count). The summed E-state index contributed by atoms with van der Waals surface area (Å²) in [6.45, 7) is 4.28. The number of aryl methyl sites for hydroxylation is 1. The lowest BCUT2D eigenvalue weighted by molar-refractivity contribution is 0.00986. The molecule has 0 spiro atoms. The van der Waals surface area contributed by atoms with E-state index in [0.717, 1.165) is 36.2 Å². The van der Waals surface area contributed by atoms with Gasteiger partial charge in [-0.1, -0.05) is 19.8 Å². The molecule has 126 valence electrons. The van der Waals surface area contributed by atoms with Crippen molar-refractivity contribution < 1.29 is 9.53 Å². The van der Waals surface area contributed by atoms with Crippen LogP contribution in [-0.4, -0.2) is 22.0 Å². The summed E-state index contributed by atoms with van der Waals surface area (Å²) in [6.07, 6.45) is 13.3. The maximum Gasteiger partial charge on any atom is 0.376 e. The molecule has 0 unspecified atom stereocenters. The van der Waals surface area contributed by atoms with E-state index in [4.69, 9.17) is 4.74 Å². The van der Waals surface area contributed by atoms with E-state index in [0.29, 0.717) is 0 Å². The number of ether oxygens (including phenoxy) is 1. The SMILES string of the molecule is Cc1cnc(C(=O)OC2CCC(C3CCC(C)CC3)CC2)nc1. The zero-order chi connectivity index (χ0) is 16.2. The van der Waals surface area contributed by atoms with Crippen molar-refractivity contribution in [3.05, 3.63) is 23.8 Å². The summed E-state index contributed by atoms with van der Waals surface area (Å²) in [5.74, 6) is 2.47. The molecule has 1 aromatic rings. The van der Waals surface area contributed by atoms with Gasteiger partial charge in [0.1, 0.15) is 6.10 Å². The van der Waals surface area contributed by atoms with Crippen molar-refractivity contribution in [3.8, 4) is 0 Å². The second kappa shape index (κ2) is 7.41. The summed E-state index contributed by atoms with van der Waals surface area (Å²) in [5, 5.41) is 0. The van der Waals surface area contributed by atoms with E-state index in [9.17, 15) is 4.79 Å². The Morgan fingerprint density at radius 2 is 1.48 bits per heavy atom. The summed E-state index contributed by atoms with van der Waals surface area (Å²) in [5.41, 5.74) is 0.948. The van der Waals surface area contributed by atoms with Gasteiger partial charge in [-0.15, -0.1) is 0 Å². The molecule has 2 fully saturated rings. The molecule has 2 saturated carbocycles. The zero-order valence-corrected chi connectivity index (χ0v) is 14.3. The van der Waals surface area contributed by atoms with Gasteiger partial charge >= 0.3 is 5.97 Å². The second-order valence-corrected chi connectivity index (χ2v) is 7.55. The number of carbonyl (C=O) groups excluding carboxylic acids is 1. The Bertz CT molecular complexity index is 513. The fourth-order valence-electron chi connectivity index (χ4n) is 4.14. The molecule has 4 nitrogen and oxygen atoms in total. The van der Waals surface area contributed by atoms with Crippen LogP contribution in [0.3, 0.4) is 0 Å². The van der Waals surface area contributed by atoms with Crippen LogP contribution in [0.2, 0.25) is 0 Å². The molecule has 2 aliphatic rings. The normalized spacial score (nSPS) is 31.6. The lowest BCUT2D eigenvalue weighted by Gasteiger charge is -2.36. The predicted molar refractivity (Wildman–Crippen MR) is 89.1 cm³/mol. The summed E-state index contributed by atoms with van der Waals surface area (Å²) in [4.78, 5) is 20.2. The van der Waals surface area contributed by atoms with E-state index in [-0.39, 0.29) is 17.9 Å². The average Bonchev–Trinajstić information content (AvgIpc) is 2.57. The zero-order valence-electron chi connectivity index (χ0n) is 14.3. The van der Waals surface area contributed by atoms with Crippen LogP contribution >= 0.6 is 0 Å². The molecule has 0 bridgehead atoms. The first-order valence-corrected chi connectivity index (χ1v) is 9.11. The fourth-order valence-corrected chi connectivity index (χ4v) is 4.14. The van der Waals surface area contributed by atoms with E-state index in [1.54, 1.807) is 12.4 Å². The fraction of sp³-hybridized carbons (Fsp3) is 0.737. The summed E-state index contributed by atoms with van der Waals surface area (Å²) < 4.78 is 5.61. The molecule has 0 aliphatic heterocycles. The van der Waals surface area contributed by atoms with E-state index < -0.39 is 0 Å². The van der Waals surface area contributed by atoms with Crippen molar-refractivity contribution in [2.24, 2.45) is 17.8 Å². The van der Waals surface area contributed by atoms with E-state index >= 15 is 0 Å². The minimum Gasteiger partial charge on any atom is -0.456 e. The highest BCUT2D eigenvalue weighted by molar-refractivity contribution is 5.85. The van der Waals surface area contributed by atoms with Crippen LogP contribution in [0.1, 0.15) is 74.5 Å². The Morgan fingerprint density at radius 1 is 0.957 bits per heavy atom. The molecule has 1 aromatic heterocycles. The Morgan fingerprint density at radius 3 is 2.04 bits per heavy atom. The van der Waals surface area contributed by atoms with Gasteiger partial charge in [0.25, 0.3) is 0 Å². The Hall–Kier alpha value is -1.45. The molecular formula is C19H28N2O2. The minimum absolute atomic E-state index is 0.0474. The quantitative estimate of drug-likeness (QED) is 0.779. The van der Waals surface area contributed by atoms with E-state index in [2.05, 4.69) is 16.9 Å². The molecule has 0 aromatic carbocycles. The lowest BCUT2D eigenvalue weighted by atomic mass is 9.71. The van der Waals surface area contributed by atoms with Gasteiger partial charge < -0.3 is 4.74 Å².